The zero-order chi connectivity index (χ0) is 16.7. The van der Waals surface area contributed by atoms with Gasteiger partial charge in [-0.1, -0.05) is 18.2 Å². The van der Waals surface area contributed by atoms with Gasteiger partial charge in [-0.2, -0.15) is 0 Å². The molecule has 23 heavy (non-hydrogen) atoms. The zero-order valence-corrected chi connectivity index (χ0v) is 12.9. The number of rotatable bonds is 8. The van der Waals surface area contributed by atoms with Gasteiger partial charge in [-0.3, -0.25) is 0 Å². The third-order valence-corrected chi connectivity index (χ3v) is 3.08. The molecule has 0 aliphatic carbocycles. The number of ether oxygens (including phenoxy) is 4. The van der Waals surface area contributed by atoms with E-state index in [4.69, 9.17) is 24.1 Å². The van der Waals surface area contributed by atoms with Crippen LogP contribution in [0.15, 0.2) is 42.5 Å². The van der Waals surface area contributed by atoms with Crippen LogP contribution in [0.1, 0.15) is 10.4 Å². The van der Waals surface area contributed by atoms with E-state index in [0.29, 0.717) is 23.0 Å². The Balaban J connectivity index is 1.95. The number of hydrogen-bond acceptors (Lipinski definition) is 5. The van der Waals surface area contributed by atoms with Crippen LogP contribution in [0.4, 0.5) is 0 Å². The summed E-state index contributed by atoms with van der Waals surface area (Å²) in [5, 5.41) is 9.08. The Morgan fingerprint density at radius 3 is 2.13 bits per heavy atom. The number of aromatic carboxylic acids is 1. The number of carbonyl (C=O) groups is 1. The number of para-hydroxylation sites is 2. The first-order chi connectivity index (χ1) is 11.2. The molecule has 1 N–H and O–H groups in total. The van der Waals surface area contributed by atoms with E-state index in [1.54, 1.807) is 43.5 Å². The predicted octanol–water partition coefficient (Wildman–Crippen LogP) is 2.86. The molecular formula is C17H18O6. The number of carboxylic acids is 1. The highest BCUT2D eigenvalue weighted by molar-refractivity contribution is 5.90. The van der Waals surface area contributed by atoms with Gasteiger partial charge in [-0.25, -0.2) is 4.79 Å². The van der Waals surface area contributed by atoms with Crippen molar-refractivity contribution in [1.29, 1.82) is 0 Å². The van der Waals surface area contributed by atoms with Crippen molar-refractivity contribution in [1.82, 2.24) is 0 Å². The Morgan fingerprint density at radius 2 is 1.48 bits per heavy atom. The van der Waals surface area contributed by atoms with Gasteiger partial charge in [0.25, 0.3) is 0 Å². The summed E-state index contributed by atoms with van der Waals surface area (Å²) in [5.74, 6) is 0.877. The molecule has 0 aliphatic rings. The van der Waals surface area contributed by atoms with E-state index >= 15 is 0 Å². The number of methoxy groups -OCH3 is 2. The van der Waals surface area contributed by atoms with Crippen LogP contribution in [0.25, 0.3) is 0 Å². The molecule has 122 valence electrons. The maximum absolute atomic E-state index is 11.1. The van der Waals surface area contributed by atoms with E-state index in [2.05, 4.69) is 0 Å². The fourth-order valence-corrected chi connectivity index (χ4v) is 2.04. The molecule has 0 heterocycles. The van der Waals surface area contributed by atoms with Gasteiger partial charge in [-0.15, -0.1) is 0 Å². The van der Waals surface area contributed by atoms with Crippen LogP contribution in [0.2, 0.25) is 0 Å². The maximum Gasteiger partial charge on any atom is 0.339 e. The van der Waals surface area contributed by atoms with Gasteiger partial charge in [-0.05, 0) is 24.3 Å². The topological polar surface area (TPSA) is 74.2 Å². The fourth-order valence-electron chi connectivity index (χ4n) is 2.04. The molecule has 0 saturated heterocycles. The molecule has 0 aromatic heterocycles. The van der Waals surface area contributed by atoms with Gasteiger partial charge >= 0.3 is 5.97 Å². The zero-order valence-electron chi connectivity index (χ0n) is 12.9. The van der Waals surface area contributed by atoms with Crippen LogP contribution in [0.3, 0.4) is 0 Å². The van der Waals surface area contributed by atoms with E-state index in [1.807, 2.05) is 0 Å². The van der Waals surface area contributed by atoms with Crippen molar-refractivity contribution < 1.29 is 28.8 Å². The van der Waals surface area contributed by atoms with Crippen molar-refractivity contribution in [3.63, 3.8) is 0 Å². The second-order valence-corrected chi connectivity index (χ2v) is 4.49. The molecule has 0 amide bonds. The average molecular weight is 318 g/mol. The van der Waals surface area contributed by atoms with E-state index in [1.165, 1.54) is 13.2 Å². The standard InChI is InChI=1S/C17H18O6/c1-20-14-8-5-9-15(16(14)21-2)23-11-10-22-13-7-4-3-6-12(13)17(18)19/h3-9H,10-11H2,1-2H3,(H,18,19). The molecule has 0 saturated carbocycles. The van der Waals surface area contributed by atoms with Crippen LogP contribution in [0, 0.1) is 0 Å². The minimum Gasteiger partial charge on any atom is -0.493 e. The maximum atomic E-state index is 11.1. The summed E-state index contributed by atoms with van der Waals surface area (Å²) < 4.78 is 21.5. The smallest absolute Gasteiger partial charge is 0.339 e. The van der Waals surface area contributed by atoms with Gasteiger partial charge < -0.3 is 24.1 Å². The Kier molecular flexibility index (Phi) is 5.68. The summed E-state index contributed by atoms with van der Waals surface area (Å²) in [6.45, 7) is 0.433. The summed E-state index contributed by atoms with van der Waals surface area (Å²) in [6.07, 6.45) is 0. The molecule has 0 fully saturated rings. The predicted molar refractivity (Wildman–Crippen MR) is 83.9 cm³/mol. The monoisotopic (exact) mass is 318 g/mol. The molecule has 6 heteroatoms. The van der Waals surface area contributed by atoms with E-state index in [9.17, 15) is 4.79 Å². The highest BCUT2D eigenvalue weighted by Crippen LogP contribution is 2.36. The first kappa shape index (κ1) is 16.5. The molecule has 2 rings (SSSR count). The van der Waals surface area contributed by atoms with Crippen LogP contribution in [0.5, 0.6) is 23.0 Å². The minimum atomic E-state index is -1.03. The van der Waals surface area contributed by atoms with Crippen LogP contribution in [-0.2, 0) is 0 Å². The molecule has 0 radical (unpaired) electrons. The molecule has 0 aliphatic heterocycles. The number of benzene rings is 2. The average Bonchev–Trinajstić information content (AvgIpc) is 2.58. The van der Waals surface area contributed by atoms with Gasteiger partial charge in [0.15, 0.2) is 11.5 Å². The normalized spacial score (nSPS) is 10.0. The summed E-state index contributed by atoms with van der Waals surface area (Å²) in [4.78, 5) is 11.1. The molecule has 2 aromatic rings. The van der Waals surface area contributed by atoms with Gasteiger partial charge in [0.1, 0.15) is 24.5 Å². The van der Waals surface area contributed by atoms with Crippen molar-refractivity contribution in [2.75, 3.05) is 27.4 Å². The molecule has 0 spiro atoms. The van der Waals surface area contributed by atoms with Gasteiger partial charge in [0.2, 0.25) is 5.75 Å². The first-order valence-corrected chi connectivity index (χ1v) is 6.96. The molecule has 0 unspecified atom stereocenters. The van der Waals surface area contributed by atoms with Crippen molar-refractivity contribution in [3.05, 3.63) is 48.0 Å². The quantitative estimate of drug-likeness (QED) is 0.754. The summed E-state index contributed by atoms with van der Waals surface area (Å²) in [5.41, 5.74) is 0.117. The van der Waals surface area contributed by atoms with Crippen molar-refractivity contribution in [2.24, 2.45) is 0 Å². The Labute approximate surface area is 134 Å². The fraction of sp³-hybridized carbons (Fsp3) is 0.235. The summed E-state index contributed by atoms with van der Waals surface area (Å²) in [6, 6.07) is 11.8. The third-order valence-electron chi connectivity index (χ3n) is 3.08. The Bertz CT molecular complexity index is 668. The third kappa shape index (κ3) is 4.06. The van der Waals surface area contributed by atoms with E-state index in [0.717, 1.165) is 0 Å². The van der Waals surface area contributed by atoms with Crippen LogP contribution >= 0.6 is 0 Å². The Hall–Kier alpha value is -2.89. The molecule has 0 atom stereocenters. The molecule has 0 bridgehead atoms. The lowest BCUT2D eigenvalue weighted by Gasteiger charge is -2.14. The van der Waals surface area contributed by atoms with Gasteiger partial charge in [0.05, 0.1) is 14.2 Å². The second kappa shape index (κ2) is 7.93. The van der Waals surface area contributed by atoms with Gasteiger partial charge in [0, 0.05) is 0 Å². The lowest BCUT2D eigenvalue weighted by atomic mass is 10.2. The van der Waals surface area contributed by atoms with E-state index < -0.39 is 5.97 Å². The summed E-state index contributed by atoms with van der Waals surface area (Å²) in [7, 11) is 3.08. The largest absolute Gasteiger partial charge is 0.493 e. The van der Waals surface area contributed by atoms with E-state index in [-0.39, 0.29) is 18.8 Å². The second-order valence-electron chi connectivity index (χ2n) is 4.49. The van der Waals surface area contributed by atoms with Crippen LogP contribution < -0.4 is 18.9 Å². The molecular weight excluding hydrogens is 300 g/mol. The number of hydrogen-bond donors (Lipinski definition) is 1. The van der Waals surface area contributed by atoms with Crippen molar-refractivity contribution in [3.8, 4) is 23.0 Å². The van der Waals surface area contributed by atoms with Crippen LogP contribution in [-0.4, -0.2) is 38.5 Å². The SMILES string of the molecule is COc1cccc(OCCOc2ccccc2C(=O)O)c1OC. The highest BCUT2D eigenvalue weighted by atomic mass is 16.5. The minimum absolute atomic E-state index is 0.117. The van der Waals surface area contributed by atoms with Crippen molar-refractivity contribution in [2.45, 2.75) is 0 Å². The number of carboxylic acid groups (broad SMARTS) is 1. The molecule has 6 nitrogen and oxygen atoms in total. The van der Waals surface area contributed by atoms with Crippen molar-refractivity contribution >= 4 is 5.97 Å². The molecule has 2 aromatic carbocycles. The first-order valence-electron chi connectivity index (χ1n) is 6.96. The lowest BCUT2D eigenvalue weighted by Crippen LogP contribution is -2.11. The highest BCUT2D eigenvalue weighted by Gasteiger charge is 2.12. The lowest BCUT2D eigenvalue weighted by molar-refractivity contribution is 0.0691. The Morgan fingerprint density at radius 1 is 0.870 bits per heavy atom. The summed E-state index contributed by atoms with van der Waals surface area (Å²) >= 11 is 0.